The first-order valence-electron chi connectivity index (χ1n) is 5.15. The number of benzene rings is 1. The first-order valence-corrected chi connectivity index (χ1v) is 7.63. The molecule has 0 radical (unpaired) electrons. The zero-order valence-electron chi connectivity index (χ0n) is 8.94. The topological polar surface area (TPSA) is 43.4 Å². The zero-order chi connectivity index (χ0) is 11.8. The minimum atomic E-state index is -3.44. The molecule has 0 saturated carbocycles. The van der Waals surface area contributed by atoms with E-state index in [2.05, 4.69) is 0 Å². The van der Waals surface area contributed by atoms with Crippen molar-refractivity contribution in [3.63, 3.8) is 0 Å². The summed E-state index contributed by atoms with van der Waals surface area (Å²) in [6.07, 6.45) is 1.46. The summed E-state index contributed by atoms with van der Waals surface area (Å²) in [4.78, 5) is 0. The Morgan fingerprint density at radius 1 is 1.50 bits per heavy atom. The highest BCUT2D eigenvalue weighted by Gasteiger charge is 2.22. The van der Waals surface area contributed by atoms with E-state index in [1.165, 1.54) is 0 Å². The van der Waals surface area contributed by atoms with Gasteiger partial charge in [0.2, 0.25) is 9.05 Å². The molecule has 1 atom stereocenters. The third-order valence-corrected chi connectivity index (χ3v) is 3.77. The first-order chi connectivity index (χ1) is 7.46. The molecule has 1 aliphatic heterocycles. The Labute approximate surface area is 99.8 Å². The molecule has 1 aliphatic rings. The van der Waals surface area contributed by atoms with Crippen molar-refractivity contribution in [3.8, 4) is 5.75 Å². The van der Waals surface area contributed by atoms with Crippen molar-refractivity contribution in [2.75, 3.05) is 5.75 Å². The van der Waals surface area contributed by atoms with Gasteiger partial charge < -0.3 is 4.74 Å². The summed E-state index contributed by atoms with van der Waals surface area (Å²) in [6, 6.07) is 5.83. The van der Waals surface area contributed by atoms with Gasteiger partial charge in [0.15, 0.2) is 0 Å². The Morgan fingerprint density at radius 2 is 2.25 bits per heavy atom. The number of rotatable bonds is 3. The lowest BCUT2D eigenvalue weighted by Gasteiger charge is -2.08. The third kappa shape index (κ3) is 2.68. The van der Waals surface area contributed by atoms with Gasteiger partial charge in [-0.2, -0.15) is 0 Å². The molecule has 0 amide bonds. The molecule has 88 valence electrons. The lowest BCUT2D eigenvalue weighted by molar-refractivity contribution is 0.252. The van der Waals surface area contributed by atoms with E-state index < -0.39 is 9.05 Å². The van der Waals surface area contributed by atoms with Crippen molar-refractivity contribution in [1.82, 2.24) is 0 Å². The van der Waals surface area contributed by atoms with Crippen molar-refractivity contribution >= 4 is 19.7 Å². The standard InChI is InChI=1S/C11H13ClO3S/c1-8-7-10-4-2-3-9(11(10)15-8)5-6-16(12,13)14/h2-4,8H,5-7H2,1H3. The molecule has 0 N–H and O–H groups in total. The highest BCUT2D eigenvalue weighted by molar-refractivity contribution is 8.13. The normalized spacial score (nSPS) is 19.2. The second-order valence-corrected chi connectivity index (χ2v) is 6.93. The summed E-state index contributed by atoms with van der Waals surface area (Å²) in [6.45, 7) is 2.00. The van der Waals surface area contributed by atoms with Gasteiger partial charge in [-0.3, -0.25) is 0 Å². The highest BCUT2D eigenvalue weighted by Crippen LogP contribution is 2.32. The Morgan fingerprint density at radius 3 is 2.94 bits per heavy atom. The molecule has 0 saturated heterocycles. The van der Waals surface area contributed by atoms with Crippen molar-refractivity contribution in [2.24, 2.45) is 0 Å². The number of hydrogen-bond donors (Lipinski definition) is 0. The molecule has 0 bridgehead atoms. The van der Waals surface area contributed by atoms with E-state index in [1.807, 2.05) is 25.1 Å². The van der Waals surface area contributed by atoms with Crippen LogP contribution in [0, 0.1) is 0 Å². The van der Waals surface area contributed by atoms with Crippen LogP contribution in [0.2, 0.25) is 0 Å². The van der Waals surface area contributed by atoms with Crippen LogP contribution in [0.4, 0.5) is 0 Å². The van der Waals surface area contributed by atoms with Crippen LogP contribution >= 0.6 is 10.7 Å². The van der Waals surface area contributed by atoms with Gasteiger partial charge in [0.05, 0.1) is 5.75 Å². The Kier molecular flexibility index (Phi) is 3.13. The van der Waals surface area contributed by atoms with Crippen molar-refractivity contribution in [3.05, 3.63) is 29.3 Å². The fourth-order valence-electron chi connectivity index (χ4n) is 1.93. The summed E-state index contributed by atoms with van der Waals surface area (Å²) in [5, 5.41) is 0. The van der Waals surface area contributed by atoms with Gasteiger partial charge in [0, 0.05) is 17.1 Å². The maximum absolute atomic E-state index is 10.9. The van der Waals surface area contributed by atoms with Gasteiger partial charge in [-0.25, -0.2) is 8.42 Å². The van der Waals surface area contributed by atoms with E-state index in [1.54, 1.807) is 0 Å². The van der Waals surface area contributed by atoms with Gasteiger partial charge in [-0.05, 0) is 24.5 Å². The van der Waals surface area contributed by atoms with E-state index in [0.717, 1.165) is 23.3 Å². The van der Waals surface area contributed by atoms with Gasteiger partial charge in [-0.15, -0.1) is 0 Å². The molecule has 2 rings (SSSR count). The lowest BCUT2D eigenvalue weighted by atomic mass is 10.1. The fourth-order valence-corrected chi connectivity index (χ4v) is 2.63. The quantitative estimate of drug-likeness (QED) is 0.782. The van der Waals surface area contributed by atoms with Crippen LogP contribution in [0.1, 0.15) is 18.1 Å². The molecule has 1 unspecified atom stereocenters. The van der Waals surface area contributed by atoms with Crippen LogP contribution in [0.25, 0.3) is 0 Å². The minimum absolute atomic E-state index is 0.0528. The lowest BCUT2D eigenvalue weighted by Crippen LogP contribution is -2.07. The van der Waals surface area contributed by atoms with Gasteiger partial charge >= 0.3 is 0 Å². The summed E-state index contributed by atoms with van der Waals surface area (Å²) < 4.78 is 27.5. The molecule has 1 heterocycles. The minimum Gasteiger partial charge on any atom is -0.490 e. The predicted molar refractivity (Wildman–Crippen MR) is 63.6 cm³/mol. The van der Waals surface area contributed by atoms with Gasteiger partial charge in [-0.1, -0.05) is 18.2 Å². The SMILES string of the molecule is CC1Cc2cccc(CCS(=O)(=O)Cl)c2O1. The maximum Gasteiger partial charge on any atom is 0.232 e. The van der Waals surface area contributed by atoms with Crippen molar-refractivity contribution in [2.45, 2.75) is 25.9 Å². The zero-order valence-corrected chi connectivity index (χ0v) is 10.5. The molecule has 3 nitrogen and oxygen atoms in total. The van der Waals surface area contributed by atoms with Crippen LogP contribution in [0.5, 0.6) is 5.75 Å². The molecule has 1 aromatic carbocycles. The molecule has 0 fully saturated rings. The fraction of sp³-hybridized carbons (Fsp3) is 0.455. The molecule has 1 aromatic rings. The van der Waals surface area contributed by atoms with Crippen LogP contribution in [-0.4, -0.2) is 20.3 Å². The number of ether oxygens (including phenoxy) is 1. The Balaban J connectivity index is 2.21. The molecule has 0 aromatic heterocycles. The average Bonchev–Trinajstić information content (AvgIpc) is 2.54. The van der Waals surface area contributed by atoms with Crippen LogP contribution < -0.4 is 4.74 Å². The molecule has 0 aliphatic carbocycles. The predicted octanol–water partition coefficient (Wildman–Crippen LogP) is 2.12. The Hall–Kier alpha value is -0.740. The number of para-hydroxylation sites is 1. The summed E-state index contributed by atoms with van der Waals surface area (Å²) in [5.74, 6) is 0.790. The summed E-state index contributed by atoms with van der Waals surface area (Å²) in [5.41, 5.74) is 2.07. The monoisotopic (exact) mass is 260 g/mol. The van der Waals surface area contributed by atoms with E-state index in [-0.39, 0.29) is 11.9 Å². The van der Waals surface area contributed by atoms with Crippen molar-refractivity contribution in [1.29, 1.82) is 0 Å². The third-order valence-electron chi connectivity index (χ3n) is 2.62. The summed E-state index contributed by atoms with van der Waals surface area (Å²) >= 11 is 0. The van der Waals surface area contributed by atoms with Gasteiger partial charge in [0.25, 0.3) is 0 Å². The van der Waals surface area contributed by atoms with Crippen molar-refractivity contribution < 1.29 is 13.2 Å². The second kappa shape index (κ2) is 4.26. The van der Waals surface area contributed by atoms with Crippen LogP contribution in [0.15, 0.2) is 18.2 Å². The molecule has 5 heteroatoms. The maximum atomic E-state index is 10.9. The second-order valence-electron chi connectivity index (χ2n) is 4.03. The number of aryl methyl sites for hydroxylation is 1. The van der Waals surface area contributed by atoms with E-state index in [0.29, 0.717) is 6.42 Å². The number of hydrogen-bond acceptors (Lipinski definition) is 3. The van der Waals surface area contributed by atoms with E-state index in [4.69, 9.17) is 15.4 Å². The number of fused-ring (bicyclic) bond motifs is 1. The first kappa shape index (κ1) is 11.7. The number of halogens is 1. The summed E-state index contributed by atoms with van der Waals surface area (Å²) in [7, 11) is 1.76. The molecule has 16 heavy (non-hydrogen) atoms. The van der Waals surface area contributed by atoms with Crippen LogP contribution in [0.3, 0.4) is 0 Å². The smallest absolute Gasteiger partial charge is 0.232 e. The highest BCUT2D eigenvalue weighted by atomic mass is 35.7. The Bertz CT molecular complexity index is 496. The van der Waals surface area contributed by atoms with Crippen LogP contribution in [-0.2, 0) is 21.9 Å². The molecular weight excluding hydrogens is 248 g/mol. The largest absolute Gasteiger partial charge is 0.490 e. The molecular formula is C11H13ClO3S. The van der Waals surface area contributed by atoms with E-state index >= 15 is 0 Å². The average molecular weight is 261 g/mol. The van der Waals surface area contributed by atoms with E-state index in [9.17, 15) is 8.42 Å². The molecule has 0 spiro atoms. The van der Waals surface area contributed by atoms with Gasteiger partial charge in [0.1, 0.15) is 11.9 Å².